The predicted molar refractivity (Wildman–Crippen MR) is 88.1 cm³/mol. The van der Waals surface area contributed by atoms with Crippen LogP contribution >= 0.6 is 12.4 Å². The molecule has 0 unspecified atom stereocenters. The molecule has 9 heteroatoms. The van der Waals surface area contributed by atoms with Crippen molar-refractivity contribution < 1.29 is 17.6 Å². The number of sulfone groups is 1. The van der Waals surface area contributed by atoms with Crippen molar-refractivity contribution in [3.8, 4) is 0 Å². The molecule has 2 fully saturated rings. The van der Waals surface area contributed by atoms with Gasteiger partial charge < -0.3 is 15.1 Å². The fourth-order valence-corrected chi connectivity index (χ4v) is 5.43. The maximum atomic E-state index is 12.0. The van der Waals surface area contributed by atoms with Gasteiger partial charge in [0.15, 0.2) is 9.84 Å². The van der Waals surface area contributed by atoms with Crippen molar-refractivity contribution >= 4 is 28.2 Å². The number of hydrogen-bond acceptors (Lipinski definition) is 6. The van der Waals surface area contributed by atoms with E-state index in [0.29, 0.717) is 19.6 Å². The highest BCUT2D eigenvalue weighted by molar-refractivity contribution is 7.91. The SMILES string of the molecule is Cc1ccc(CN2CCN(C(=O)CN)[C@H]3CS(=O)(=O)C[C@H]32)o1.Cl. The number of carbonyl (C=O) groups is 1. The Kier molecular flexibility index (Phi) is 5.40. The highest BCUT2D eigenvalue weighted by atomic mass is 35.5. The molecular weight excluding hydrogens is 342 g/mol. The van der Waals surface area contributed by atoms with Crippen LogP contribution in [0.3, 0.4) is 0 Å². The van der Waals surface area contributed by atoms with Crippen molar-refractivity contribution in [2.24, 2.45) is 5.73 Å². The summed E-state index contributed by atoms with van der Waals surface area (Å²) in [4.78, 5) is 15.7. The highest BCUT2D eigenvalue weighted by Crippen LogP contribution is 2.28. The number of rotatable bonds is 3. The van der Waals surface area contributed by atoms with E-state index < -0.39 is 9.84 Å². The van der Waals surface area contributed by atoms with Gasteiger partial charge in [-0.15, -0.1) is 12.4 Å². The van der Waals surface area contributed by atoms with E-state index in [-0.39, 0.29) is 48.4 Å². The van der Waals surface area contributed by atoms with E-state index in [9.17, 15) is 13.2 Å². The van der Waals surface area contributed by atoms with Gasteiger partial charge in [-0.1, -0.05) is 0 Å². The first-order chi connectivity index (χ1) is 10.4. The number of nitrogens with two attached hydrogens (primary N) is 1. The third kappa shape index (κ3) is 3.71. The number of halogens is 1. The van der Waals surface area contributed by atoms with Gasteiger partial charge in [0.25, 0.3) is 0 Å². The first kappa shape index (κ1) is 18.3. The lowest BCUT2D eigenvalue weighted by atomic mass is 10.0. The molecule has 1 aromatic rings. The topological polar surface area (TPSA) is 96.9 Å². The quantitative estimate of drug-likeness (QED) is 0.797. The molecule has 1 amide bonds. The van der Waals surface area contributed by atoms with Crippen LogP contribution in [0.25, 0.3) is 0 Å². The average molecular weight is 364 g/mol. The Morgan fingerprint density at radius 1 is 1.30 bits per heavy atom. The molecule has 0 bridgehead atoms. The van der Waals surface area contributed by atoms with Crippen LogP contribution in [0.1, 0.15) is 11.5 Å². The highest BCUT2D eigenvalue weighted by Gasteiger charge is 2.47. The second-order valence-electron chi connectivity index (χ2n) is 5.99. The maximum Gasteiger partial charge on any atom is 0.236 e. The Labute approximate surface area is 142 Å². The number of furan rings is 1. The smallest absolute Gasteiger partial charge is 0.236 e. The minimum absolute atomic E-state index is 0. The van der Waals surface area contributed by atoms with Crippen molar-refractivity contribution in [3.63, 3.8) is 0 Å². The molecule has 2 N–H and O–H groups in total. The molecule has 0 aliphatic carbocycles. The predicted octanol–water partition coefficient (Wildman–Crippen LogP) is -0.222. The van der Waals surface area contributed by atoms with Crippen LogP contribution in [0.2, 0.25) is 0 Å². The number of carbonyl (C=O) groups excluding carboxylic acids is 1. The Morgan fingerprint density at radius 3 is 2.61 bits per heavy atom. The lowest BCUT2D eigenvalue weighted by molar-refractivity contribution is -0.135. The zero-order valence-corrected chi connectivity index (χ0v) is 14.6. The number of piperazine rings is 1. The van der Waals surface area contributed by atoms with Crippen molar-refractivity contribution in [3.05, 3.63) is 23.7 Å². The van der Waals surface area contributed by atoms with E-state index in [1.165, 1.54) is 0 Å². The molecule has 0 saturated carbocycles. The van der Waals surface area contributed by atoms with Crippen LogP contribution in [0.5, 0.6) is 0 Å². The van der Waals surface area contributed by atoms with Gasteiger partial charge in [-0.2, -0.15) is 0 Å². The molecule has 3 heterocycles. The standard InChI is InChI=1S/C14H21N3O4S.ClH/c1-10-2-3-11(21-10)7-16-4-5-17(14(18)6-15)13-9-22(19,20)8-12(13)16;/h2-3,12-13H,4-9,15H2,1H3;1H/t12-,13+;/m1./s1. The van der Waals surface area contributed by atoms with Gasteiger partial charge in [-0.3, -0.25) is 9.69 Å². The van der Waals surface area contributed by atoms with Crippen LogP contribution in [-0.4, -0.2) is 67.3 Å². The summed E-state index contributed by atoms with van der Waals surface area (Å²) in [6.07, 6.45) is 0. The molecule has 2 aliphatic heterocycles. The molecule has 0 aromatic carbocycles. The minimum Gasteiger partial charge on any atom is -0.465 e. The van der Waals surface area contributed by atoms with Crippen LogP contribution in [0.15, 0.2) is 16.5 Å². The van der Waals surface area contributed by atoms with Gasteiger partial charge in [-0.05, 0) is 19.1 Å². The van der Waals surface area contributed by atoms with Crippen molar-refractivity contribution in [1.82, 2.24) is 9.80 Å². The zero-order chi connectivity index (χ0) is 15.9. The van der Waals surface area contributed by atoms with Gasteiger partial charge in [0.2, 0.25) is 5.91 Å². The largest absolute Gasteiger partial charge is 0.465 e. The number of aryl methyl sites for hydroxylation is 1. The van der Waals surface area contributed by atoms with E-state index in [0.717, 1.165) is 11.5 Å². The Bertz CT molecular complexity index is 675. The van der Waals surface area contributed by atoms with E-state index in [2.05, 4.69) is 4.90 Å². The summed E-state index contributed by atoms with van der Waals surface area (Å²) in [6, 6.07) is 3.32. The first-order valence-corrected chi connectivity index (χ1v) is 9.21. The van der Waals surface area contributed by atoms with E-state index in [4.69, 9.17) is 10.2 Å². The molecule has 3 rings (SSSR count). The minimum atomic E-state index is -3.13. The maximum absolute atomic E-state index is 12.0. The van der Waals surface area contributed by atoms with Gasteiger partial charge >= 0.3 is 0 Å². The summed E-state index contributed by atoms with van der Waals surface area (Å²) < 4.78 is 29.7. The lowest BCUT2D eigenvalue weighted by Crippen LogP contribution is -2.61. The Hall–Kier alpha value is -1.09. The average Bonchev–Trinajstić information content (AvgIpc) is 3.00. The zero-order valence-electron chi connectivity index (χ0n) is 13.0. The summed E-state index contributed by atoms with van der Waals surface area (Å²) >= 11 is 0. The first-order valence-electron chi connectivity index (χ1n) is 7.39. The van der Waals surface area contributed by atoms with Gasteiger partial charge in [0.05, 0.1) is 30.6 Å². The second kappa shape index (κ2) is 6.80. The third-order valence-corrected chi connectivity index (χ3v) is 6.14. The Balaban J connectivity index is 0.00000192. The van der Waals surface area contributed by atoms with Crippen LogP contribution in [0.4, 0.5) is 0 Å². The van der Waals surface area contributed by atoms with E-state index >= 15 is 0 Å². The monoisotopic (exact) mass is 363 g/mol. The van der Waals surface area contributed by atoms with Gasteiger partial charge in [-0.25, -0.2) is 8.42 Å². The molecule has 7 nitrogen and oxygen atoms in total. The molecule has 2 aliphatic rings. The summed E-state index contributed by atoms with van der Waals surface area (Å²) in [7, 11) is -3.13. The van der Waals surface area contributed by atoms with Gasteiger partial charge in [0.1, 0.15) is 11.5 Å². The molecular formula is C14H22ClN3O4S. The molecule has 23 heavy (non-hydrogen) atoms. The van der Waals surface area contributed by atoms with Crippen LogP contribution in [0, 0.1) is 6.92 Å². The van der Waals surface area contributed by atoms with Crippen molar-refractivity contribution in [2.75, 3.05) is 31.1 Å². The van der Waals surface area contributed by atoms with Crippen molar-refractivity contribution in [2.45, 2.75) is 25.6 Å². The normalized spacial score (nSPS) is 26.6. The molecule has 1 aromatic heterocycles. The summed E-state index contributed by atoms with van der Waals surface area (Å²) in [6.45, 7) is 3.49. The van der Waals surface area contributed by atoms with Crippen LogP contribution in [-0.2, 0) is 21.2 Å². The van der Waals surface area contributed by atoms with Gasteiger partial charge in [0, 0.05) is 19.1 Å². The summed E-state index contributed by atoms with van der Waals surface area (Å²) in [5, 5.41) is 0. The number of fused-ring (bicyclic) bond motifs is 1. The third-order valence-electron chi connectivity index (χ3n) is 4.44. The molecule has 2 atom stereocenters. The summed E-state index contributed by atoms with van der Waals surface area (Å²) in [5.74, 6) is 1.59. The van der Waals surface area contributed by atoms with Crippen molar-refractivity contribution in [1.29, 1.82) is 0 Å². The van der Waals surface area contributed by atoms with Crippen LogP contribution < -0.4 is 5.73 Å². The molecule has 0 radical (unpaired) electrons. The Morgan fingerprint density at radius 2 is 2.00 bits per heavy atom. The number of hydrogen-bond donors (Lipinski definition) is 1. The molecule has 2 saturated heterocycles. The lowest BCUT2D eigenvalue weighted by Gasteiger charge is -2.43. The fraction of sp³-hybridized carbons (Fsp3) is 0.643. The summed E-state index contributed by atoms with van der Waals surface area (Å²) in [5.41, 5.74) is 5.44. The second-order valence-corrected chi connectivity index (χ2v) is 8.14. The fourth-order valence-electron chi connectivity index (χ4n) is 3.42. The van der Waals surface area contributed by atoms with E-state index in [1.807, 2.05) is 19.1 Å². The molecule has 130 valence electrons. The number of amides is 1. The number of nitrogens with zero attached hydrogens (tertiary/aromatic N) is 2. The van der Waals surface area contributed by atoms with E-state index in [1.54, 1.807) is 4.90 Å². The molecule has 0 spiro atoms.